The van der Waals surface area contributed by atoms with E-state index in [9.17, 15) is 26.3 Å². The third-order valence-corrected chi connectivity index (χ3v) is 11.8. The van der Waals surface area contributed by atoms with Crippen molar-refractivity contribution < 1.29 is 35.2 Å². The highest BCUT2D eigenvalue weighted by atomic mass is 32.1. The topological polar surface area (TPSA) is 104 Å². The van der Waals surface area contributed by atoms with Gasteiger partial charge in [0.1, 0.15) is 21.0 Å². The van der Waals surface area contributed by atoms with E-state index in [2.05, 4.69) is 29.9 Å². The molecule has 0 saturated carbocycles. The van der Waals surface area contributed by atoms with Gasteiger partial charge in [0.25, 0.3) is 11.8 Å². The van der Waals surface area contributed by atoms with E-state index in [4.69, 9.17) is 8.83 Å². The molecule has 244 valence electrons. The van der Waals surface area contributed by atoms with Crippen LogP contribution in [0, 0.1) is 34.9 Å². The van der Waals surface area contributed by atoms with Crippen LogP contribution in [0.3, 0.4) is 0 Å². The lowest BCUT2D eigenvalue weighted by atomic mass is 10.1. The predicted octanol–water partition coefficient (Wildman–Crippen LogP) is 10.8. The molecule has 6 heterocycles. The molecule has 0 radical (unpaired) electrons. The molecule has 4 aromatic carbocycles. The molecule has 6 aromatic heterocycles. The second-order valence-corrected chi connectivity index (χ2v) is 14.7. The Morgan fingerprint density at radius 1 is 0.400 bits per heavy atom. The number of benzene rings is 4. The Labute approximate surface area is 288 Å². The minimum Gasteiger partial charge on any atom is -0.434 e. The Bertz CT molecular complexity index is 2670. The fraction of sp³-hybridized carbons (Fsp3) is 0. The lowest BCUT2D eigenvalue weighted by Gasteiger charge is -1.99. The van der Waals surface area contributed by atoms with Crippen LogP contribution in [-0.2, 0) is 0 Å². The van der Waals surface area contributed by atoms with Gasteiger partial charge in [0.15, 0.2) is 75.4 Å². The zero-order chi connectivity index (χ0) is 34.0. The van der Waals surface area contributed by atoms with E-state index in [-0.39, 0.29) is 22.9 Å². The van der Waals surface area contributed by atoms with Gasteiger partial charge in [-0.15, -0.1) is 0 Å². The molecule has 0 unspecified atom stereocenters. The van der Waals surface area contributed by atoms with Crippen LogP contribution >= 0.6 is 45.3 Å². The molecule has 18 heteroatoms. The Kier molecular flexibility index (Phi) is 6.28. The highest BCUT2D eigenvalue weighted by Gasteiger charge is 2.22. The monoisotopic (exact) mass is 750 g/mol. The van der Waals surface area contributed by atoms with E-state index in [0.29, 0.717) is 61.6 Å². The number of oxazole rings is 2. The van der Waals surface area contributed by atoms with Crippen molar-refractivity contribution in [2.24, 2.45) is 0 Å². The van der Waals surface area contributed by atoms with Crippen LogP contribution in [0.1, 0.15) is 0 Å². The van der Waals surface area contributed by atoms with Gasteiger partial charge in [-0.2, -0.15) is 0 Å². The summed E-state index contributed by atoms with van der Waals surface area (Å²) in [6.07, 6.45) is 0. The molecule has 0 fully saturated rings. The quantitative estimate of drug-likeness (QED) is 0.129. The van der Waals surface area contributed by atoms with E-state index in [0.717, 1.165) is 57.7 Å². The maximum Gasteiger partial charge on any atom is 0.257 e. The average molecular weight is 751 g/mol. The molecule has 0 aliphatic carbocycles. The predicted molar refractivity (Wildman–Crippen MR) is 178 cm³/mol. The van der Waals surface area contributed by atoms with E-state index in [1.54, 1.807) is 0 Å². The summed E-state index contributed by atoms with van der Waals surface area (Å²) < 4.78 is 93.9. The number of nitrogens with zero attached hydrogens (tertiary/aromatic N) is 6. The van der Waals surface area contributed by atoms with E-state index < -0.39 is 34.9 Å². The van der Waals surface area contributed by atoms with Crippen LogP contribution in [0.15, 0.2) is 57.4 Å². The zero-order valence-corrected chi connectivity index (χ0v) is 27.3. The van der Waals surface area contributed by atoms with Gasteiger partial charge >= 0.3 is 0 Å². The van der Waals surface area contributed by atoms with E-state index >= 15 is 0 Å². The molecule has 0 saturated heterocycles. The number of hydrogen-bond donors (Lipinski definition) is 0. The molecule has 0 aliphatic rings. The number of halogens is 6. The highest BCUT2D eigenvalue weighted by molar-refractivity contribution is 7.30. The van der Waals surface area contributed by atoms with E-state index in [1.807, 2.05) is 24.3 Å². The average Bonchev–Trinajstić information content (AvgIpc) is 3.91. The van der Waals surface area contributed by atoms with Gasteiger partial charge in [0, 0.05) is 11.1 Å². The SMILES string of the molecule is Fc1cc(-c2nc3sc(-c4nc5cc6cc7oc(-c8nc9sc(-c%10cc(F)c(F)c(F)c%10)nc9s8)nc7cc6cc5o4)nc3s2)cc(F)c1F. The van der Waals surface area contributed by atoms with Crippen molar-refractivity contribution in [3.05, 3.63) is 83.4 Å². The summed E-state index contributed by atoms with van der Waals surface area (Å²) in [5, 5.41) is 3.14. The molecule has 0 atom stereocenters. The van der Waals surface area contributed by atoms with Gasteiger partial charge < -0.3 is 8.83 Å². The van der Waals surface area contributed by atoms with Crippen LogP contribution in [0.4, 0.5) is 26.3 Å². The highest BCUT2D eigenvalue weighted by Crippen LogP contribution is 2.40. The molecule has 0 N–H and O–H groups in total. The van der Waals surface area contributed by atoms with Gasteiger partial charge in [-0.3, -0.25) is 0 Å². The first-order valence-corrected chi connectivity index (χ1v) is 17.4. The summed E-state index contributed by atoms with van der Waals surface area (Å²) in [7, 11) is 0. The first kappa shape index (κ1) is 29.6. The molecule has 10 aromatic rings. The van der Waals surface area contributed by atoms with Crippen molar-refractivity contribution in [3.63, 3.8) is 0 Å². The largest absolute Gasteiger partial charge is 0.434 e. The molecular weight excluding hydrogens is 743 g/mol. The second kappa shape index (κ2) is 10.6. The number of aromatic nitrogens is 6. The molecular formula is C32H8F6N6O2S4. The molecule has 10 rings (SSSR count). The molecule has 0 amide bonds. The van der Waals surface area contributed by atoms with Crippen molar-refractivity contribution in [2.45, 2.75) is 0 Å². The van der Waals surface area contributed by atoms with Gasteiger partial charge in [-0.05, 0) is 59.3 Å². The summed E-state index contributed by atoms with van der Waals surface area (Å²) in [6, 6.07) is 10.9. The summed E-state index contributed by atoms with van der Waals surface area (Å²) in [5.41, 5.74) is 2.36. The lowest BCUT2D eigenvalue weighted by molar-refractivity contribution is 0.447. The van der Waals surface area contributed by atoms with Crippen molar-refractivity contribution in [1.82, 2.24) is 29.9 Å². The number of fused-ring (bicyclic) bond motifs is 5. The van der Waals surface area contributed by atoms with Crippen molar-refractivity contribution >= 4 is 97.6 Å². The smallest absolute Gasteiger partial charge is 0.257 e. The molecule has 8 nitrogen and oxygen atoms in total. The van der Waals surface area contributed by atoms with Crippen LogP contribution in [0.5, 0.6) is 0 Å². The Morgan fingerprint density at radius 2 is 0.740 bits per heavy atom. The molecule has 0 bridgehead atoms. The summed E-state index contributed by atoms with van der Waals surface area (Å²) in [4.78, 5) is 29.2. The summed E-state index contributed by atoms with van der Waals surface area (Å²) >= 11 is 4.60. The first-order chi connectivity index (χ1) is 24.1. The van der Waals surface area contributed by atoms with Gasteiger partial charge in [0.2, 0.25) is 0 Å². The standard InChI is InChI=1S/C32H8F6N6O2S4/c33-13-1-11(2-14(34)21(13)37)25-41-29-31(47-25)43-27(49-29)23-39-17-5-9-8-20-18(6-10(9)7-19(17)45-23)40-24(46-20)28-44-32-30(50-28)42-26(48-32)12-3-15(35)22(38)16(36)4-12/h1-8H. The summed E-state index contributed by atoms with van der Waals surface area (Å²) in [5.74, 6) is -7.74. The third kappa shape index (κ3) is 4.63. The minimum atomic E-state index is -1.54. The van der Waals surface area contributed by atoms with Gasteiger partial charge in [-0.25, -0.2) is 56.2 Å². The number of thiazole rings is 4. The third-order valence-electron chi connectivity index (χ3n) is 7.63. The fourth-order valence-corrected chi connectivity index (χ4v) is 9.26. The van der Waals surface area contributed by atoms with Crippen molar-refractivity contribution in [3.8, 4) is 42.9 Å². The lowest BCUT2D eigenvalue weighted by Crippen LogP contribution is -1.91. The second-order valence-electron chi connectivity index (χ2n) is 10.8. The maximum atomic E-state index is 13.7. The first-order valence-electron chi connectivity index (χ1n) is 14.1. The van der Waals surface area contributed by atoms with Crippen LogP contribution in [0.2, 0.25) is 0 Å². The molecule has 0 aliphatic heterocycles. The van der Waals surface area contributed by atoms with Crippen LogP contribution in [0.25, 0.3) is 95.2 Å². The molecule has 0 spiro atoms. The Hall–Kier alpha value is -5.30. The zero-order valence-electron chi connectivity index (χ0n) is 24.0. The number of hydrogen-bond acceptors (Lipinski definition) is 12. The van der Waals surface area contributed by atoms with Gasteiger partial charge in [0.05, 0.1) is 0 Å². The summed E-state index contributed by atoms with van der Waals surface area (Å²) in [6.45, 7) is 0. The Balaban J connectivity index is 0.951. The van der Waals surface area contributed by atoms with Crippen LogP contribution < -0.4 is 0 Å². The maximum absolute atomic E-state index is 13.7. The fourth-order valence-electron chi connectivity index (χ4n) is 5.35. The number of rotatable bonds is 4. The van der Waals surface area contributed by atoms with Gasteiger partial charge in [-0.1, -0.05) is 45.3 Å². The normalized spacial score (nSPS) is 12.2. The Morgan fingerprint density at radius 3 is 1.12 bits per heavy atom. The molecule has 50 heavy (non-hydrogen) atoms. The van der Waals surface area contributed by atoms with Crippen molar-refractivity contribution in [2.75, 3.05) is 0 Å². The van der Waals surface area contributed by atoms with Crippen LogP contribution in [-0.4, -0.2) is 29.9 Å². The minimum absolute atomic E-state index is 0.109. The van der Waals surface area contributed by atoms with E-state index in [1.165, 1.54) is 22.7 Å². The van der Waals surface area contributed by atoms with Crippen molar-refractivity contribution in [1.29, 1.82) is 0 Å².